The van der Waals surface area contributed by atoms with E-state index in [2.05, 4.69) is 10.2 Å². The van der Waals surface area contributed by atoms with E-state index in [4.69, 9.17) is 5.14 Å². The Morgan fingerprint density at radius 2 is 2.14 bits per heavy atom. The first kappa shape index (κ1) is 9.10. The quantitative estimate of drug-likeness (QED) is 0.719. The third-order valence-corrected chi connectivity index (χ3v) is 2.70. The van der Waals surface area contributed by atoms with Gasteiger partial charge in [0.25, 0.3) is 0 Å². The lowest BCUT2D eigenvalue weighted by atomic mass is 10.2. The van der Waals surface area contributed by atoms with Gasteiger partial charge in [0.1, 0.15) is 5.82 Å². The fraction of sp³-hybridized carbons (Fsp3) is 0. The number of hydrogen-bond donors (Lipinski definition) is 2. The zero-order valence-electron chi connectivity index (χ0n) is 6.86. The number of aromatic amines is 1. The van der Waals surface area contributed by atoms with Crippen LogP contribution >= 0.6 is 0 Å². The van der Waals surface area contributed by atoms with Crippen molar-refractivity contribution >= 4 is 20.9 Å². The van der Waals surface area contributed by atoms with Gasteiger partial charge in [0, 0.05) is 0 Å². The van der Waals surface area contributed by atoms with Crippen LogP contribution in [-0.4, -0.2) is 18.6 Å². The molecule has 0 atom stereocenters. The molecular weight excluding hydrogens is 209 g/mol. The molecule has 2 aromatic rings. The molecule has 0 amide bonds. The fourth-order valence-electron chi connectivity index (χ4n) is 1.15. The Balaban J connectivity index is 2.83. The molecule has 0 aliphatic rings. The molecule has 3 N–H and O–H groups in total. The second-order valence-corrected chi connectivity index (χ2v) is 4.34. The number of H-pyrrole nitrogens is 1. The van der Waals surface area contributed by atoms with Crippen molar-refractivity contribution in [2.45, 2.75) is 4.90 Å². The Bertz CT molecular complexity index is 590. The van der Waals surface area contributed by atoms with Gasteiger partial charge < -0.3 is 0 Å². The Labute approximate surface area is 78.8 Å². The summed E-state index contributed by atoms with van der Waals surface area (Å²) < 4.78 is 35.1. The number of fused-ring (bicyclic) bond motifs is 1. The third-order valence-electron chi connectivity index (χ3n) is 1.81. The first-order valence-corrected chi connectivity index (χ1v) is 5.18. The number of nitrogens with two attached hydrogens (primary N) is 1. The molecule has 7 heteroatoms. The molecule has 0 aliphatic carbocycles. The van der Waals surface area contributed by atoms with E-state index >= 15 is 0 Å². The molecule has 1 heterocycles. The van der Waals surface area contributed by atoms with Crippen molar-refractivity contribution in [3.05, 3.63) is 24.1 Å². The second-order valence-electron chi connectivity index (χ2n) is 2.78. The monoisotopic (exact) mass is 215 g/mol. The molecule has 0 bridgehead atoms. The van der Waals surface area contributed by atoms with Crippen LogP contribution in [0.25, 0.3) is 10.9 Å². The van der Waals surface area contributed by atoms with Crippen molar-refractivity contribution in [1.82, 2.24) is 10.2 Å². The minimum absolute atomic E-state index is 0.234. The highest BCUT2D eigenvalue weighted by molar-refractivity contribution is 7.89. The summed E-state index contributed by atoms with van der Waals surface area (Å²) in [5.41, 5.74) is 0.300. The zero-order valence-corrected chi connectivity index (χ0v) is 7.68. The fourth-order valence-corrected chi connectivity index (χ4v) is 1.70. The van der Waals surface area contributed by atoms with Crippen LogP contribution in [0.3, 0.4) is 0 Å². The van der Waals surface area contributed by atoms with Gasteiger partial charge in [-0.25, -0.2) is 17.9 Å². The molecule has 14 heavy (non-hydrogen) atoms. The number of nitrogens with one attached hydrogen (secondary N) is 1. The van der Waals surface area contributed by atoms with Crippen LogP contribution < -0.4 is 5.14 Å². The Hall–Kier alpha value is -1.47. The van der Waals surface area contributed by atoms with Gasteiger partial charge in [-0.15, -0.1) is 0 Å². The minimum Gasteiger partial charge on any atom is -0.278 e. The highest BCUT2D eigenvalue weighted by Gasteiger charge is 2.12. The average Bonchev–Trinajstić information content (AvgIpc) is 2.50. The maximum absolute atomic E-state index is 13.2. The standard InChI is InChI=1S/C7H6FN3O2S/c8-6-1-4(14(9,12)13)2-7-5(6)3-10-11-7/h1-3H,(H,10,11)(H2,9,12,13). The van der Waals surface area contributed by atoms with Crippen LogP contribution in [-0.2, 0) is 10.0 Å². The van der Waals surface area contributed by atoms with E-state index in [0.29, 0.717) is 5.52 Å². The molecule has 0 saturated heterocycles. The average molecular weight is 215 g/mol. The van der Waals surface area contributed by atoms with Crippen molar-refractivity contribution in [2.75, 3.05) is 0 Å². The largest absolute Gasteiger partial charge is 0.278 e. The molecule has 74 valence electrons. The van der Waals surface area contributed by atoms with Crippen LogP contribution in [0.1, 0.15) is 0 Å². The van der Waals surface area contributed by atoms with Gasteiger partial charge in [0.2, 0.25) is 10.0 Å². The molecule has 0 aliphatic heterocycles. The van der Waals surface area contributed by atoms with Crippen molar-refractivity contribution in [1.29, 1.82) is 0 Å². The molecule has 1 aromatic carbocycles. The lowest BCUT2D eigenvalue weighted by Gasteiger charge is -1.98. The summed E-state index contributed by atoms with van der Waals surface area (Å²) >= 11 is 0. The van der Waals surface area contributed by atoms with Gasteiger partial charge in [-0.1, -0.05) is 0 Å². The molecule has 0 fully saturated rings. The van der Waals surface area contributed by atoms with E-state index in [1.807, 2.05) is 0 Å². The van der Waals surface area contributed by atoms with E-state index in [-0.39, 0.29) is 10.3 Å². The van der Waals surface area contributed by atoms with Gasteiger partial charge in [-0.3, -0.25) is 5.10 Å². The van der Waals surface area contributed by atoms with Crippen molar-refractivity contribution in [3.63, 3.8) is 0 Å². The summed E-state index contributed by atoms with van der Waals surface area (Å²) in [5.74, 6) is -0.666. The van der Waals surface area contributed by atoms with Crippen LogP contribution in [0.15, 0.2) is 23.2 Å². The molecule has 0 radical (unpaired) electrons. The number of primary sulfonamides is 1. The zero-order chi connectivity index (χ0) is 10.3. The minimum atomic E-state index is -3.88. The van der Waals surface area contributed by atoms with Gasteiger partial charge >= 0.3 is 0 Å². The van der Waals surface area contributed by atoms with Gasteiger partial charge in [0.05, 0.1) is 22.0 Å². The number of hydrogen-bond acceptors (Lipinski definition) is 3. The molecular formula is C7H6FN3O2S. The van der Waals surface area contributed by atoms with Crippen molar-refractivity contribution in [3.8, 4) is 0 Å². The summed E-state index contributed by atoms with van der Waals surface area (Å²) in [6.07, 6.45) is 1.28. The summed E-state index contributed by atoms with van der Waals surface area (Å²) in [6.45, 7) is 0. The van der Waals surface area contributed by atoms with Crippen molar-refractivity contribution < 1.29 is 12.8 Å². The molecule has 0 spiro atoms. The highest BCUT2D eigenvalue weighted by Crippen LogP contribution is 2.19. The van der Waals surface area contributed by atoms with E-state index in [9.17, 15) is 12.8 Å². The van der Waals surface area contributed by atoms with E-state index in [1.165, 1.54) is 12.3 Å². The number of nitrogens with zero attached hydrogens (tertiary/aromatic N) is 1. The Morgan fingerprint density at radius 1 is 1.43 bits per heavy atom. The predicted octanol–water partition coefficient (Wildman–Crippen LogP) is 0.349. The lowest BCUT2D eigenvalue weighted by Crippen LogP contribution is -2.12. The maximum Gasteiger partial charge on any atom is 0.238 e. The van der Waals surface area contributed by atoms with Gasteiger partial charge in [0.15, 0.2) is 0 Å². The molecule has 0 saturated carbocycles. The van der Waals surface area contributed by atoms with Gasteiger partial charge in [-0.05, 0) is 12.1 Å². The predicted molar refractivity (Wildman–Crippen MR) is 47.4 cm³/mol. The van der Waals surface area contributed by atoms with Crippen LogP contribution in [0, 0.1) is 5.82 Å². The Morgan fingerprint density at radius 3 is 2.79 bits per heavy atom. The second kappa shape index (κ2) is 2.76. The van der Waals surface area contributed by atoms with Gasteiger partial charge in [-0.2, -0.15) is 5.10 Å². The lowest BCUT2D eigenvalue weighted by molar-refractivity contribution is 0.594. The number of halogens is 1. The number of benzene rings is 1. The first-order valence-electron chi connectivity index (χ1n) is 3.64. The van der Waals surface area contributed by atoms with Crippen molar-refractivity contribution in [2.24, 2.45) is 5.14 Å². The smallest absolute Gasteiger partial charge is 0.238 e. The normalized spacial score (nSPS) is 12.1. The van der Waals surface area contributed by atoms with Crippen LogP contribution in [0.2, 0.25) is 0 Å². The van der Waals surface area contributed by atoms with E-state index < -0.39 is 15.8 Å². The Kier molecular flexibility index (Phi) is 1.79. The van der Waals surface area contributed by atoms with Crippen LogP contribution in [0.4, 0.5) is 4.39 Å². The molecule has 2 rings (SSSR count). The first-order chi connectivity index (χ1) is 6.48. The van der Waals surface area contributed by atoms with E-state index in [0.717, 1.165) is 6.07 Å². The number of rotatable bonds is 1. The molecule has 5 nitrogen and oxygen atoms in total. The topological polar surface area (TPSA) is 88.8 Å². The summed E-state index contributed by atoms with van der Waals surface area (Å²) in [4.78, 5) is -0.272. The maximum atomic E-state index is 13.2. The number of sulfonamides is 1. The summed E-state index contributed by atoms with van der Waals surface area (Å²) in [6, 6.07) is 2.11. The SMILES string of the molecule is NS(=O)(=O)c1cc(F)c2cn[nH]c2c1. The highest BCUT2D eigenvalue weighted by atomic mass is 32.2. The molecule has 1 aromatic heterocycles. The van der Waals surface area contributed by atoms with E-state index in [1.54, 1.807) is 0 Å². The number of aromatic nitrogens is 2. The summed E-state index contributed by atoms with van der Waals surface area (Å²) in [7, 11) is -3.88. The third kappa shape index (κ3) is 1.36. The summed E-state index contributed by atoms with van der Waals surface area (Å²) in [5, 5.41) is 11.1. The van der Waals surface area contributed by atoms with Crippen LogP contribution in [0.5, 0.6) is 0 Å². The molecule has 0 unspecified atom stereocenters.